The van der Waals surface area contributed by atoms with Gasteiger partial charge in [-0.15, -0.1) is 0 Å². The van der Waals surface area contributed by atoms with Crippen LogP contribution in [-0.4, -0.2) is 35.3 Å². The van der Waals surface area contributed by atoms with E-state index in [1.807, 2.05) is 13.0 Å². The Bertz CT molecular complexity index is 586. The molecule has 7 heteroatoms. The third kappa shape index (κ3) is 3.12. The number of rotatable bonds is 5. The summed E-state index contributed by atoms with van der Waals surface area (Å²) < 4.78 is 37.6. The zero-order valence-corrected chi connectivity index (χ0v) is 12.5. The van der Waals surface area contributed by atoms with Crippen LogP contribution in [0.4, 0.5) is 0 Å². The van der Waals surface area contributed by atoms with Crippen molar-refractivity contribution < 1.29 is 17.9 Å². The van der Waals surface area contributed by atoms with Crippen molar-refractivity contribution >= 4 is 10.0 Å². The lowest BCUT2D eigenvalue weighted by Crippen LogP contribution is -2.29. The lowest BCUT2D eigenvalue weighted by molar-refractivity contribution is 0.204. The molecular formula is C13H20N2O4S. The number of sulfonamides is 1. The van der Waals surface area contributed by atoms with Gasteiger partial charge in [-0.25, -0.2) is 13.1 Å². The van der Waals surface area contributed by atoms with Crippen LogP contribution in [0.15, 0.2) is 17.0 Å². The highest BCUT2D eigenvalue weighted by molar-refractivity contribution is 7.89. The minimum absolute atomic E-state index is 0.152. The van der Waals surface area contributed by atoms with Crippen molar-refractivity contribution in [1.82, 2.24) is 4.72 Å². The molecule has 3 N–H and O–H groups in total. The lowest BCUT2D eigenvalue weighted by Gasteiger charge is -2.25. The van der Waals surface area contributed by atoms with E-state index in [1.54, 1.807) is 6.07 Å². The molecule has 2 rings (SSSR count). The molecule has 0 radical (unpaired) electrons. The average molecular weight is 300 g/mol. The smallest absolute Gasteiger partial charge is 0.244 e. The van der Waals surface area contributed by atoms with Gasteiger partial charge in [-0.1, -0.05) is 6.07 Å². The third-order valence-electron chi connectivity index (χ3n) is 3.19. The summed E-state index contributed by atoms with van der Waals surface area (Å²) in [6.07, 6.45) is 0.688. The summed E-state index contributed by atoms with van der Waals surface area (Å²) >= 11 is 0. The van der Waals surface area contributed by atoms with Gasteiger partial charge in [0.05, 0.1) is 13.2 Å². The van der Waals surface area contributed by atoms with Gasteiger partial charge in [0.1, 0.15) is 10.6 Å². The second-order valence-corrected chi connectivity index (χ2v) is 6.55. The second kappa shape index (κ2) is 6.09. The predicted octanol–water partition coefficient (Wildman–Crippen LogP) is 0.702. The van der Waals surface area contributed by atoms with Crippen molar-refractivity contribution in [3.8, 4) is 5.75 Å². The number of benzene rings is 1. The molecule has 0 spiro atoms. The van der Waals surface area contributed by atoms with Crippen molar-refractivity contribution in [3.05, 3.63) is 23.3 Å². The molecule has 0 bridgehead atoms. The van der Waals surface area contributed by atoms with Crippen molar-refractivity contribution in [2.45, 2.75) is 24.3 Å². The van der Waals surface area contributed by atoms with Crippen LogP contribution >= 0.6 is 0 Å². The standard InChI is InChI=1S/C13H20N2O4S/c1-9-7-10-11(14)3-5-19-13(10)12(8-9)20(16,17)15-4-6-18-2/h7-8,11,15H,3-6,14H2,1-2H3. The molecule has 1 aliphatic heterocycles. The van der Waals surface area contributed by atoms with Crippen LogP contribution in [0, 0.1) is 6.92 Å². The normalized spacial score (nSPS) is 18.4. The molecule has 0 saturated heterocycles. The SMILES string of the molecule is COCCNS(=O)(=O)c1cc(C)cc2c1OCCC2N. The number of fused-ring (bicyclic) bond motifs is 1. The molecule has 1 atom stereocenters. The fourth-order valence-electron chi connectivity index (χ4n) is 2.20. The van der Waals surface area contributed by atoms with E-state index in [4.69, 9.17) is 15.2 Å². The highest BCUT2D eigenvalue weighted by Crippen LogP contribution is 2.37. The van der Waals surface area contributed by atoms with Gasteiger partial charge in [-0.3, -0.25) is 0 Å². The number of ether oxygens (including phenoxy) is 2. The van der Waals surface area contributed by atoms with E-state index in [0.29, 0.717) is 25.4 Å². The van der Waals surface area contributed by atoms with Crippen molar-refractivity contribution in [1.29, 1.82) is 0 Å². The maximum Gasteiger partial charge on any atom is 0.244 e. The minimum atomic E-state index is -3.63. The largest absolute Gasteiger partial charge is 0.492 e. The Hall–Kier alpha value is -1.15. The summed E-state index contributed by atoms with van der Waals surface area (Å²) in [4.78, 5) is 0.152. The first-order chi connectivity index (χ1) is 9.45. The lowest BCUT2D eigenvalue weighted by atomic mass is 9.99. The topological polar surface area (TPSA) is 90.6 Å². The Morgan fingerprint density at radius 1 is 1.50 bits per heavy atom. The van der Waals surface area contributed by atoms with Gasteiger partial charge < -0.3 is 15.2 Å². The van der Waals surface area contributed by atoms with Crippen LogP contribution in [0.25, 0.3) is 0 Å². The van der Waals surface area contributed by atoms with E-state index in [1.165, 1.54) is 7.11 Å². The fourth-order valence-corrected chi connectivity index (χ4v) is 3.47. The molecular weight excluding hydrogens is 280 g/mol. The van der Waals surface area contributed by atoms with Gasteiger partial charge >= 0.3 is 0 Å². The molecule has 0 fully saturated rings. The summed E-state index contributed by atoms with van der Waals surface area (Å²) in [5.74, 6) is 0.374. The highest BCUT2D eigenvalue weighted by Gasteiger charge is 2.27. The fraction of sp³-hybridized carbons (Fsp3) is 0.538. The maximum atomic E-state index is 12.4. The van der Waals surface area contributed by atoms with Crippen LogP contribution in [-0.2, 0) is 14.8 Å². The van der Waals surface area contributed by atoms with Crippen molar-refractivity contribution in [2.75, 3.05) is 26.9 Å². The first-order valence-electron chi connectivity index (χ1n) is 6.47. The molecule has 1 heterocycles. The number of hydrogen-bond acceptors (Lipinski definition) is 5. The highest BCUT2D eigenvalue weighted by atomic mass is 32.2. The number of aryl methyl sites for hydroxylation is 1. The summed E-state index contributed by atoms with van der Waals surface area (Å²) in [5.41, 5.74) is 7.63. The molecule has 0 aromatic heterocycles. The molecule has 112 valence electrons. The number of nitrogens with one attached hydrogen (secondary N) is 1. The van der Waals surface area contributed by atoms with Crippen LogP contribution in [0.3, 0.4) is 0 Å². The van der Waals surface area contributed by atoms with Crippen LogP contribution < -0.4 is 15.2 Å². The van der Waals surface area contributed by atoms with Gasteiger partial charge in [-0.2, -0.15) is 0 Å². The second-order valence-electron chi connectivity index (χ2n) is 4.82. The predicted molar refractivity (Wildman–Crippen MR) is 75.3 cm³/mol. The van der Waals surface area contributed by atoms with Crippen LogP contribution in [0.1, 0.15) is 23.6 Å². The molecule has 0 saturated carbocycles. The monoisotopic (exact) mass is 300 g/mol. The summed E-state index contributed by atoms with van der Waals surface area (Å²) in [5, 5.41) is 0. The van der Waals surface area contributed by atoms with E-state index in [0.717, 1.165) is 11.1 Å². The summed E-state index contributed by atoms with van der Waals surface area (Å²) in [6.45, 7) is 2.80. The molecule has 1 aliphatic rings. The quantitative estimate of drug-likeness (QED) is 0.781. The molecule has 1 aromatic carbocycles. The zero-order chi connectivity index (χ0) is 14.8. The summed E-state index contributed by atoms with van der Waals surface area (Å²) in [6, 6.07) is 3.30. The van der Waals surface area contributed by atoms with E-state index in [2.05, 4.69) is 4.72 Å². The molecule has 1 unspecified atom stereocenters. The Morgan fingerprint density at radius 3 is 2.95 bits per heavy atom. The minimum Gasteiger partial charge on any atom is -0.492 e. The van der Waals surface area contributed by atoms with Crippen LogP contribution in [0.5, 0.6) is 5.75 Å². The first-order valence-corrected chi connectivity index (χ1v) is 7.95. The summed E-state index contributed by atoms with van der Waals surface area (Å²) in [7, 11) is -2.11. The number of nitrogens with two attached hydrogens (primary N) is 1. The molecule has 1 aromatic rings. The Kier molecular flexibility index (Phi) is 4.64. The van der Waals surface area contributed by atoms with E-state index in [9.17, 15) is 8.42 Å². The Labute approximate surface area is 119 Å². The zero-order valence-electron chi connectivity index (χ0n) is 11.7. The number of methoxy groups -OCH3 is 1. The van der Waals surface area contributed by atoms with Crippen molar-refractivity contribution in [3.63, 3.8) is 0 Å². The van der Waals surface area contributed by atoms with Gasteiger partial charge in [0.25, 0.3) is 0 Å². The van der Waals surface area contributed by atoms with E-state index >= 15 is 0 Å². The molecule has 6 nitrogen and oxygen atoms in total. The van der Waals surface area contributed by atoms with Gasteiger partial charge in [0.2, 0.25) is 10.0 Å². The van der Waals surface area contributed by atoms with E-state index in [-0.39, 0.29) is 17.5 Å². The first kappa shape index (κ1) is 15.2. The van der Waals surface area contributed by atoms with Gasteiger partial charge in [0, 0.05) is 31.7 Å². The van der Waals surface area contributed by atoms with Crippen molar-refractivity contribution in [2.24, 2.45) is 5.73 Å². The number of hydrogen-bond donors (Lipinski definition) is 2. The van der Waals surface area contributed by atoms with Crippen LogP contribution in [0.2, 0.25) is 0 Å². The van der Waals surface area contributed by atoms with Gasteiger partial charge in [0.15, 0.2) is 0 Å². The van der Waals surface area contributed by atoms with Gasteiger partial charge in [-0.05, 0) is 18.6 Å². The molecule has 0 aliphatic carbocycles. The van der Waals surface area contributed by atoms with E-state index < -0.39 is 10.0 Å². The average Bonchev–Trinajstić information content (AvgIpc) is 2.39. The maximum absolute atomic E-state index is 12.4. The molecule has 20 heavy (non-hydrogen) atoms. The third-order valence-corrected chi connectivity index (χ3v) is 4.66. The molecule has 0 amide bonds. The Balaban J connectivity index is 2.41. The Morgan fingerprint density at radius 2 is 2.25 bits per heavy atom.